The highest BCUT2D eigenvalue weighted by atomic mass is 16.6. The van der Waals surface area contributed by atoms with E-state index in [-0.39, 0.29) is 18.2 Å². The van der Waals surface area contributed by atoms with E-state index in [1.807, 2.05) is 24.3 Å². The second-order valence-electron chi connectivity index (χ2n) is 10.3. The fourth-order valence-corrected chi connectivity index (χ4v) is 3.55. The molecule has 0 N–H and O–H groups in total. The lowest BCUT2D eigenvalue weighted by atomic mass is 9.83. The quantitative estimate of drug-likeness (QED) is 0.477. The monoisotopic (exact) mass is 443 g/mol. The number of imide groups is 1. The molecule has 0 saturated heterocycles. The fourth-order valence-electron chi connectivity index (χ4n) is 3.55. The number of hydrogen-bond donors (Lipinski definition) is 0. The molecule has 0 bridgehead atoms. The summed E-state index contributed by atoms with van der Waals surface area (Å²) in [5, 5.41) is 0. The standard InChI is InChI=1S/C26H37NO5/c1-25(2,3)31-23(29)27(24(30)32-26(4,5)6)17-11-13-19-12-10-16-21(18-19)22(28)20-14-8-7-9-15-20/h10-13,16,18,20H,7-9,14-15,17H2,1-6H3/b13-11+. The minimum atomic E-state index is -0.766. The molecule has 1 fully saturated rings. The molecular weight excluding hydrogens is 406 g/mol. The molecule has 0 heterocycles. The van der Waals surface area contributed by atoms with Crippen LogP contribution in [0.1, 0.15) is 89.6 Å². The molecule has 176 valence electrons. The summed E-state index contributed by atoms with van der Waals surface area (Å²) in [4.78, 5) is 38.9. The maximum Gasteiger partial charge on any atom is 0.420 e. The minimum absolute atomic E-state index is 0.00930. The summed E-state index contributed by atoms with van der Waals surface area (Å²) in [6, 6.07) is 7.45. The number of benzene rings is 1. The summed E-state index contributed by atoms with van der Waals surface area (Å²) in [5.74, 6) is 0.307. The van der Waals surface area contributed by atoms with Gasteiger partial charge in [-0.1, -0.05) is 49.6 Å². The Morgan fingerprint density at radius 1 is 0.938 bits per heavy atom. The van der Waals surface area contributed by atoms with Crippen LogP contribution in [-0.4, -0.2) is 40.6 Å². The van der Waals surface area contributed by atoms with Crippen LogP contribution >= 0.6 is 0 Å². The van der Waals surface area contributed by atoms with Gasteiger partial charge >= 0.3 is 12.2 Å². The Hall–Kier alpha value is -2.63. The molecule has 0 radical (unpaired) electrons. The number of ketones is 1. The van der Waals surface area contributed by atoms with Crippen molar-refractivity contribution in [2.24, 2.45) is 5.92 Å². The first kappa shape index (κ1) is 25.6. The van der Waals surface area contributed by atoms with E-state index in [2.05, 4.69) is 0 Å². The molecule has 0 aliphatic heterocycles. The molecule has 6 heteroatoms. The molecule has 1 aromatic rings. The molecule has 1 aromatic carbocycles. The van der Waals surface area contributed by atoms with E-state index in [1.54, 1.807) is 53.7 Å². The second-order valence-corrected chi connectivity index (χ2v) is 10.3. The van der Waals surface area contributed by atoms with Crippen molar-refractivity contribution in [3.8, 4) is 0 Å². The van der Waals surface area contributed by atoms with E-state index in [4.69, 9.17) is 9.47 Å². The summed E-state index contributed by atoms with van der Waals surface area (Å²) < 4.78 is 10.7. The molecule has 0 spiro atoms. The Kier molecular flexibility index (Phi) is 8.65. The van der Waals surface area contributed by atoms with Crippen molar-refractivity contribution in [2.45, 2.75) is 84.8 Å². The van der Waals surface area contributed by atoms with Crippen molar-refractivity contribution in [1.82, 2.24) is 4.90 Å². The second kappa shape index (κ2) is 10.8. The summed E-state index contributed by atoms with van der Waals surface area (Å²) in [6.07, 6.45) is 7.30. The first-order valence-corrected chi connectivity index (χ1v) is 11.4. The average Bonchev–Trinajstić information content (AvgIpc) is 2.68. The van der Waals surface area contributed by atoms with E-state index in [1.165, 1.54) is 6.42 Å². The topological polar surface area (TPSA) is 72.9 Å². The van der Waals surface area contributed by atoms with Gasteiger partial charge in [-0.05, 0) is 66.0 Å². The van der Waals surface area contributed by atoms with Gasteiger partial charge in [0, 0.05) is 11.5 Å². The lowest BCUT2D eigenvalue weighted by Crippen LogP contribution is -2.43. The summed E-state index contributed by atoms with van der Waals surface area (Å²) in [5.41, 5.74) is 0.0548. The number of ether oxygens (including phenoxy) is 2. The van der Waals surface area contributed by atoms with Crippen molar-refractivity contribution < 1.29 is 23.9 Å². The first-order chi connectivity index (χ1) is 14.9. The Morgan fingerprint density at radius 3 is 2.03 bits per heavy atom. The zero-order valence-corrected chi connectivity index (χ0v) is 20.3. The number of carbonyl (C=O) groups is 3. The van der Waals surface area contributed by atoms with Crippen molar-refractivity contribution in [3.63, 3.8) is 0 Å². The van der Waals surface area contributed by atoms with Crippen LogP contribution < -0.4 is 0 Å². The molecule has 1 aliphatic carbocycles. The smallest absolute Gasteiger partial charge is 0.420 e. The molecule has 32 heavy (non-hydrogen) atoms. The third-order valence-electron chi connectivity index (χ3n) is 4.97. The van der Waals surface area contributed by atoms with Gasteiger partial charge in [0.2, 0.25) is 0 Å². The summed E-state index contributed by atoms with van der Waals surface area (Å²) in [7, 11) is 0. The van der Waals surface area contributed by atoms with E-state index >= 15 is 0 Å². The molecule has 1 aliphatic rings. The number of carbonyl (C=O) groups excluding carboxylic acids is 3. The van der Waals surface area contributed by atoms with E-state index < -0.39 is 23.4 Å². The number of hydrogen-bond acceptors (Lipinski definition) is 5. The van der Waals surface area contributed by atoms with Crippen LogP contribution in [0.4, 0.5) is 9.59 Å². The van der Waals surface area contributed by atoms with Crippen molar-refractivity contribution >= 4 is 24.0 Å². The lowest BCUT2D eigenvalue weighted by molar-refractivity contribution is 0.00375. The van der Waals surface area contributed by atoms with Gasteiger partial charge in [0.15, 0.2) is 5.78 Å². The molecule has 2 rings (SSSR count). The van der Waals surface area contributed by atoms with Crippen molar-refractivity contribution in [1.29, 1.82) is 0 Å². The Labute approximate surface area is 192 Å². The maximum absolute atomic E-state index is 12.8. The molecular formula is C26H37NO5. The minimum Gasteiger partial charge on any atom is -0.443 e. The lowest BCUT2D eigenvalue weighted by Gasteiger charge is -2.28. The highest BCUT2D eigenvalue weighted by Crippen LogP contribution is 2.27. The fraction of sp³-hybridized carbons (Fsp3) is 0.577. The van der Waals surface area contributed by atoms with Gasteiger partial charge in [0.05, 0.1) is 6.54 Å². The Morgan fingerprint density at radius 2 is 1.50 bits per heavy atom. The van der Waals surface area contributed by atoms with Crippen LogP contribution in [0.5, 0.6) is 0 Å². The van der Waals surface area contributed by atoms with Crippen LogP contribution in [0, 0.1) is 5.92 Å². The summed E-state index contributed by atoms with van der Waals surface area (Å²) >= 11 is 0. The van der Waals surface area contributed by atoms with E-state index in [0.717, 1.165) is 36.1 Å². The molecule has 0 unspecified atom stereocenters. The molecule has 6 nitrogen and oxygen atoms in total. The van der Waals surface area contributed by atoms with Crippen molar-refractivity contribution in [2.75, 3.05) is 6.54 Å². The maximum atomic E-state index is 12.8. The average molecular weight is 444 g/mol. The number of Topliss-reactive ketones (excluding diaryl/α,β-unsaturated/α-hetero) is 1. The van der Waals surface area contributed by atoms with Crippen molar-refractivity contribution in [3.05, 3.63) is 41.5 Å². The van der Waals surface area contributed by atoms with Gasteiger partial charge in [-0.3, -0.25) is 4.79 Å². The third-order valence-corrected chi connectivity index (χ3v) is 4.97. The number of rotatable bonds is 5. The van der Waals surface area contributed by atoms with Gasteiger partial charge in [-0.15, -0.1) is 0 Å². The van der Waals surface area contributed by atoms with Crippen LogP contribution in [0.3, 0.4) is 0 Å². The molecule has 2 amide bonds. The molecule has 1 saturated carbocycles. The molecule has 0 atom stereocenters. The summed E-state index contributed by atoms with van der Waals surface area (Å²) in [6.45, 7) is 10.4. The van der Waals surface area contributed by atoms with Crippen LogP contribution in [0.25, 0.3) is 6.08 Å². The third kappa shape index (κ3) is 8.48. The number of nitrogens with zero attached hydrogens (tertiary/aromatic N) is 1. The number of amides is 2. The normalized spacial score (nSPS) is 15.4. The highest BCUT2D eigenvalue weighted by Gasteiger charge is 2.30. The zero-order chi connectivity index (χ0) is 23.9. The van der Waals surface area contributed by atoms with Gasteiger partial charge in [-0.25, -0.2) is 14.5 Å². The largest absolute Gasteiger partial charge is 0.443 e. The van der Waals surface area contributed by atoms with Gasteiger partial charge in [0.25, 0.3) is 0 Å². The van der Waals surface area contributed by atoms with Crippen LogP contribution in [-0.2, 0) is 9.47 Å². The Balaban J connectivity index is 2.12. The Bertz CT molecular complexity index is 811. The first-order valence-electron chi connectivity index (χ1n) is 11.4. The van der Waals surface area contributed by atoms with E-state index in [0.29, 0.717) is 5.56 Å². The van der Waals surface area contributed by atoms with Crippen LogP contribution in [0.2, 0.25) is 0 Å². The molecule has 0 aromatic heterocycles. The zero-order valence-electron chi connectivity index (χ0n) is 20.3. The van der Waals surface area contributed by atoms with Gasteiger partial charge < -0.3 is 9.47 Å². The van der Waals surface area contributed by atoms with Gasteiger partial charge in [-0.2, -0.15) is 0 Å². The van der Waals surface area contributed by atoms with E-state index in [9.17, 15) is 14.4 Å². The predicted octanol–water partition coefficient (Wildman–Crippen LogP) is 6.64. The highest BCUT2D eigenvalue weighted by molar-refractivity contribution is 5.98. The van der Waals surface area contributed by atoms with Crippen LogP contribution in [0.15, 0.2) is 30.3 Å². The SMILES string of the molecule is CC(C)(C)OC(=O)N(C/C=C/c1cccc(C(=O)C2CCCCC2)c1)C(=O)OC(C)(C)C. The van der Waals surface area contributed by atoms with Gasteiger partial charge in [0.1, 0.15) is 11.2 Å². The predicted molar refractivity (Wildman–Crippen MR) is 126 cm³/mol.